The zero-order valence-corrected chi connectivity index (χ0v) is 11.3. The molecular weight excluding hydrogens is 266 g/mol. The fourth-order valence-corrected chi connectivity index (χ4v) is 2.98. The van der Waals surface area contributed by atoms with Gasteiger partial charge in [0.15, 0.2) is 0 Å². The molecule has 0 amide bonds. The zero-order chi connectivity index (χ0) is 11.7. The average Bonchev–Trinajstić information content (AvgIpc) is 2.39. The molecule has 0 spiro atoms. The van der Waals surface area contributed by atoms with Gasteiger partial charge in [-0.05, 0) is 35.1 Å². The summed E-state index contributed by atoms with van der Waals surface area (Å²) in [6.45, 7) is 6.42. The highest BCUT2D eigenvalue weighted by Gasteiger charge is 2.25. The second-order valence-electron chi connectivity index (χ2n) is 4.79. The molecule has 1 aliphatic rings. The van der Waals surface area contributed by atoms with Gasteiger partial charge in [0.1, 0.15) is 5.75 Å². The highest BCUT2D eigenvalue weighted by Crippen LogP contribution is 2.37. The van der Waals surface area contributed by atoms with Crippen molar-refractivity contribution in [2.24, 2.45) is 5.92 Å². The van der Waals surface area contributed by atoms with Crippen LogP contribution < -0.4 is 5.32 Å². The van der Waals surface area contributed by atoms with E-state index in [1.807, 2.05) is 6.07 Å². The minimum Gasteiger partial charge on any atom is -0.508 e. The number of hydrogen-bond donors (Lipinski definition) is 2. The monoisotopic (exact) mass is 283 g/mol. The number of alkyl halides is 1. The number of phenols is 1. The molecule has 2 rings (SSSR count). The second kappa shape index (κ2) is 4.76. The van der Waals surface area contributed by atoms with Crippen molar-refractivity contribution in [3.8, 4) is 5.75 Å². The summed E-state index contributed by atoms with van der Waals surface area (Å²) in [5, 5.41) is 13.0. The van der Waals surface area contributed by atoms with Crippen LogP contribution in [0.5, 0.6) is 5.75 Å². The largest absolute Gasteiger partial charge is 0.508 e. The molecule has 16 heavy (non-hydrogen) atoms. The van der Waals surface area contributed by atoms with E-state index in [2.05, 4.69) is 41.2 Å². The molecule has 2 nitrogen and oxygen atoms in total. The van der Waals surface area contributed by atoms with E-state index in [1.165, 1.54) is 11.1 Å². The van der Waals surface area contributed by atoms with Gasteiger partial charge in [0.05, 0.1) is 4.83 Å². The number of rotatable bonds is 1. The fraction of sp³-hybridized carbons (Fsp3) is 0.538. The predicted molar refractivity (Wildman–Crippen MR) is 70.2 cm³/mol. The minimum atomic E-state index is 0.290. The fourth-order valence-electron chi connectivity index (χ4n) is 2.35. The normalized spacial score (nSPS) is 25.2. The van der Waals surface area contributed by atoms with E-state index in [0.717, 1.165) is 13.1 Å². The van der Waals surface area contributed by atoms with E-state index in [9.17, 15) is 5.11 Å². The van der Waals surface area contributed by atoms with Crippen LogP contribution in [0.25, 0.3) is 0 Å². The number of nitrogens with one attached hydrogen (secondary N) is 1. The van der Waals surface area contributed by atoms with Crippen LogP contribution in [0.1, 0.15) is 35.7 Å². The van der Waals surface area contributed by atoms with Crippen LogP contribution in [0.3, 0.4) is 0 Å². The smallest absolute Gasteiger partial charge is 0.115 e. The summed E-state index contributed by atoms with van der Waals surface area (Å²) in [7, 11) is 0. The summed E-state index contributed by atoms with van der Waals surface area (Å²) in [5.74, 6) is 1.49. The Morgan fingerprint density at radius 2 is 2.06 bits per heavy atom. The highest BCUT2D eigenvalue weighted by atomic mass is 79.9. The lowest BCUT2D eigenvalue weighted by atomic mass is 9.85. The van der Waals surface area contributed by atoms with Crippen molar-refractivity contribution >= 4 is 15.9 Å². The average molecular weight is 284 g/mol. The molecule has 0 radical (unpaired) electrons. The number of benzene rings is 1. The molecule has 0 bridgehead atoms. The van der Waals surface area contributed by atoms with Crippen LogP contribution in [-0.2, 0) is 0 Å². The predicted octanol–water partition coefficient (Wildman–Crippen LogP) is 3.17. The highest BCUT2D eigenvalue weighted by molar-refractivity contribution is 9.09. The lowest BCUT2D eigenvalue weighted by Gasteiger charge is -2.21. The molecule has 2 atom stereocenters. The van der Waals surface area contributed by atoms with Crippen molar-refractivity contribution in [3.05, 3.63) is 29.3 Å². The minimum absolute atomic E-state index is 0.290. The van der Waals surface area contributed by atoms with Gasteiger partial charge in [-0.25, -0.2) is 0 Å². The van der Waals surface area contributed by atoms with E-state index in [4.69, 9.17) is 0 Å². The number of halogens is 1. The Morgan fingerprint density at radius 3 is 2.75 bits per heavy atom. The van der Waals surface area contributed by atoms with Crippen LogP contribution in [0.4, 0.5) is 0 Å². The summed E-state index contributed by atoms with van der Waals surface area (Å²) >= 11 is 3.67. The Kier molecular flexibility index (Phi) is 3.55. The van der Waals surface area contributed by atoms with Gasteiger partial charge in [0, 0.05) is 13.1 Å². The molecule has 0 saturated heterocycles. The standard InChI is InChI=1S/C13H18BrNO/c1-8(2)12-6-15-7-13(14)11-5-9(16)3-4-10(11)12/h3-5,8,12-13,15-16H,6-7H2,1-2H3. The van der Waals surface area contributed by atoms with Crippen LogP contribution >= 0.6 is 15.9 Å². The SMILES string of the molecule is CC(C)C1CNCC(Br)c2cc(O)ccc21. The summed E-state index contributed by atoms with van der Waals surface area (Å²) in [6.07, 6.45) is 0. The molecule has 1 aromatic carbocycles. The van der Waals surface area contributed by atoms with Gasteiger partial charge in [0.25, 0.3) is 0 Å². The maximum Gasteiger partial charge on any atom is 0.115 e. The molecule has 1 aliphatic heterocycles. The maximum atomic E-state index is 9.58. The van der Waals surface area contributed by atoms with Crippen LogP contribution in [-0.4, -0.2) is 18.2 Å². The summed E-state index contributed by atoms with van der Waals surface area (Å²) in [5.41, 5.74) is 2.59. The Labute approximate surface area is 105 Å². The third kappa shape index (κ3) is 2.25. The molecule has 2 unspecified atom stereocenters. The quantitative estimate of drug-likeness (QED) is 0.776. The van der Waals surface area contributed by atoms with E-state index in [1.54, 1.807) is 6.07 Å². The van der Waals surface area contributed by atoms with E-state index >= 15 is 0 Å². The molecule has 88 valence electrons. The first-order valence-corrected chi connectivity index (χ1v) is 6.68. The Hall–Kier alpha value is -0.540. The Morgan fingerprint density at radius 1 is 1.31 bits per heavy atom. The van der Waals surface area contributed by atoms with Crippen molar-refractivity contribution in [1.29, 1.82) is 0 Å². The molecule has 0 aliphatic carbocycles. The van der Waals surface area contributed by atoms with Gasteiger partial charge in [0.2, 0.25) is 0 Å². The first-order valence-electron chi connectivity index (χ1n) is 5.77. The molecule has 2 N–H and O–H groups in total. The molecule has 1 aromatic rings. The third-order valence-electron chi connectivity index (χ3n) is 3.30. The van der Waals surface area contributed by atoms with Crippen molar-refractivity contribution in [2.75, 3.05) is 13.1 Å². The first-order chi connectivity index (χ1) is 7.59. The molecule has 0 fully saturated rings. The lowest BCUT2D eigenvalue weighted by Crippen LogP contribution is -2.23. The third-order valence-corrected chi connectivity index (χ3v) is 4.12. The molecule has 3 heteroatoms. The molecule has 0 aromatic heterocycles. The van der Waals surface area contributed by atoms with Crippen molar-refractivity contribution in [2.45, 2.75) is 24.6 Å². The maximum absolute atomic E-state index is 9.58. The van der Waals surface area contributed by atoms with E-state index in [0.29, 0.717) is 22.4 Å². The number of aromatic hydroxyl groups is 1. The van der Waals surface area contributed by atoms with Crippen LogP contribution in [0.15, 0.2) is 18.2 Å². The van der Waals surface area contributed by atoms with Gasteiger partial charge < -0.3 is 10.4 Å². The van der Waals surface area contributed by atoms with Crippen LogP contribution in [0, 0.1) is 5.92 Å². The lowest BCUT2D eigenvalue weighted by molar-refractivity contribution is 0.467. The molecule has 1 heterocycles. The van der Waals surface area contributed by atoms with Gasteiger partial charge in [-0.3, -0.25) is 0 Å². The summed E-state index contributed by atoms with van der Waals surface area (Å²) < 4.78 is 0. The van der Waals surface area contributed by atoms with Crippen molar-refractivity contribution in [1.82, 2.24) is 5.32 Å². The van der Waals surface area contributed by atoms with E-state index < -0.39 is 0 Å². The molecule has 0 saturated carbocycles. The van der Waals surface area contributed by atoms with Crippen molar-refractivity contribution < 1.29 is 5.11 Å². The summed E-state index contributed by atoms with van der Waals surface area (Å²) in [6, 6.07) is 5.74. The zero-order valence-electron chi connectivity index (χ0n) is 9.70. The van der Waals surface area contributed by atoms with Gasteiger partial charge in [-0.1, -0.05) is 35.8 Å². The summed E-state index contributed by atoms with van der Waals surface area (Å²) in [4.78, 5) is 0.290. The Bertz CT molecular complexity index is 378. The topological polar surface area (TPSA) is 32.3 Å². The number of fused-ring (bicyclic) bond motifs is 1. The van der Waals surface area contributed by atoms with Gasteiger partial charge in [-0.15, -0.1) is 0 Å². The molecular formula is C13H18BrNO. The van der Waals surface area contributed by atoms with Gasteiger partial charge in [-0.2, -0.15) is 0 Å². The van der Waals surface area contributed by atoms with Crippen molar-refractivity contribution in [3.63, 3.8) is 0 Å². The first kappa shape index (κ1) is 11.9. The van der Waals surface area contributed by atoms with E-state index in [-0.39, 0.29) is 0 Å². The van der Waals surface area contributed by atoms with Gasteiger partial charge >= 0.3 is 0 Å². The number of hydrogen-bond acceptors (Lipinski definition) is 2. The number of phenolic OH excluding ortho intramolecular Hbond substituents is 1. The second-order valence-corrected chi connectivity index (χ2v) is 5.89. The Balaban J connectivity index is 2.47. The van der Waals surface area contributed by atoms with Crippen LogP contribution in [0.2, 0.25) is 0 Å².